The third kappa shape index (κ3) is 1.01. The lowest BCUT2D eigenvalue weighted by Crippen LogP contribution is -2.03. The van der Waals surface area contributed by atoms with E-state index in [9.17, 15) is 9.90 Å². The monoisotopic (exact) mass is 130 g/mol. The second-order valence-corrected chi connectivity index (χ2v) is 2.41. The van der Waals surface area contributed by atoms with Crippen LogP contribution in [0.5, 0.6) is 0 Å². The highest BCUT2D eigenvalue weighted by Gasteiger charge is 2.15. The second kappa shape index (κ2) is 2.17. The molecule has 1 radical (unpaired) electrons. The summed E-state index contributed by atoms with van der Waals surface area (Å²) in [5.74, 6) is -0.365. The maximum Gasteiger partial charge on any atom is 0.410 e. The van der Waals surface area contributed by atoms with Crippen LogP contribution < -0.4 is 0 Å². The van der Waals surface area contributed by atoms with Crippen LogP contribution in [0.2, 0.25) is 0 Å². The Hall–Kier alpha value is -0.510. The maximum atomic E-state index is 9.94. The Balaban J connectivity index is 2.57. The number of thioether (sulfide) groups is 1. The Kier molecular flexibility index (Phi) is 1.53. The first-order chi connectivity index (χ1) is 3.80. The topological polar surface area (TPSA) is 49.3 Å². The highest BCUT2D eigenvalue weighted by molar-refractivity contribution is 8.15. The molecule has 8 heavy (non-hydrogen) atoms. The highest BCUT2D eigenvalue weighted by Crippen LogP contribution is 2.10. The van der Waals surface area contributed by atoms with Crippen molar-refractivity contribution in [2.75, 3.05) is 12.3 Å². The van der Waals surface area contributed by atoms with Crippen LogP contribution >= 0.6 is 11.8 Å². The zero-order chi connectivity index (χ0) is 5.98. The van der Waals surface area contributed by atoms with Crippen molar-refractivity contribution in [3.63, 3.8) is 0 Å². The SMILES string of the molecule is [O]C(=O)C1=NCCS1. The number of carbonyl (C=O) groups is 1. The molecule has 0 unspecified atom stereocenters. The van der Waals surface area contributed by atoms with Gasteiger partial charge in [-0.25, -0.2) is 9.90 Å². The summed E-state index contributed by atoms with van der Waals surface area (Å²) in [6, 6.07) is 0. The first-order valence-corrected chi connectivity index (χ1v) is 3.18. The van der Waals surface area contributed by atoms with E-state index in [1.54, 1.807) is 0 Å². The summed E-state index contributed by atoms with van der Waals surface area (Å²) >= 11 is 1.24. The van der Waals surface area contributed by atoms with Crippen molar-refractivity contribution in [1.82, 2.24) is 0 Å². The number of rotatable bonds is 1. The van der Waals surface area contributed by atoms with E-state index in [0.717, 1.165) is 5.75 Å². The molecule has 1 rings (SSSR count). The van der Waals surface area contributed by atoms with Crippen molar-refractivity contribution in [3.8, 4) is 0 Å². The van der Waals surface area contributed by atoms with Gasteiger partial charge < -0.3 is 0 Å². The zero-order valence-electron chi connectivity index (χ0n) is 4.09. The van der Waals surface area contributed by atoms with Gasteiger partial charge in [0, 0.05) is 12.3 Å². The van der Waals surface area contributed by atoms with E-state index in [-0.39, 0.29) is 5.04 Å². The van der Waals surface area contributed by atoms with Crippen molar-refractivity contribution in [2.24, 2.45) is 4.99 Å². The molecule has 0 bridgehead atoms. The fourth-order valence-corrected chi connectivity index (χ4v) is 1.13. The van der Waals surface area contributed by atoms with Gasteiger partial charge in [0.25, 0.3) is 0 Å². The Bertz CT molecular complexity index is 143. The van der Waals surface area contributed by atoms with Crippen LogP contribution in [0.25, 0.3) is 0 Å². The largest absolute Gasteiger partial charge is 0.410 e. The first kappa shape index (κ1) is 5.62. The Morgan fingerprint density at radius 1 is 1.75 bits per heavy atom. The van der Waals surface area contributed by atoms with Crippen molar-refractivity contribution < 1.29 is 9.90 Å². The number of aliphatic imine (C=N–C) groups is 1. The molecule has 0 fully saturated rings. The molecule has 3 nitrogen and oxygen atoms in total. The zero-order valence-corrected chi connectivity index (χ0v) is 4.90. The standard InChI is InChI=1S/C4H4NO2S/c6-4(7)3-5-1-2-8-3/h1-2H2. The van der Waals surface area contributed by atoms with E-state index in [1.165, 1.54) is 11.8 Å². The fraction of sp³-hybridized carbons (Fsp3) is 0.500. The van der Waals surface area contributed by atoms with E-state index in [1.807, 2.05) is 0 Å². The molecule has 0 atom stereocenters. The average Bonchev–Trinajstić information content (AvgIpc) is 2.12. The van der Waals surface area contributed by atoms with Crippen molar-refractivity contribution >= 4 is 22.8 Å². The van der Waals surface area contributed by atoms with Crippen molar-refractivity contribution in [3.05, 3.63) is 0 Å². The predicted octanol–water partition coefficient (Wildman–Crippen LogP) is 0.0888. The van der Waals surface area contributed by atoms with E-state index in [0.29, 0.717) is 6.54 Å². The summed E-state index contributed by atoms with van der Waals surface area (Å²) < 4.78 is 0. The fourth-order valence-electron chi connectivity index (χ4n) is 0.459. The molecular formula is C4H4NO2S. The molecule has 0 saturated heterocycles. The lowest BCUT2D eigenvalue weighted by atomic mass is 10.7. The van der Waals surface area contributed by atoms with Gasteiger partial charge >= 0.3 is 5.97 Å². The smallest absolute Gasteiger partial charge is 0.271 e. The Morgan fingerprint density at radius 3 is 2.75 bits per heavy atom. The maximum absolute atomic E-state index is 9.94. The normalized spacial score (nSPS) is 18.2. The molecular weight excluding hydrogens is 126 g/mol. The Morgan fingerprint density at radius 2 is 2.50 bits per heavy atom. The van der Waals surface area contributed by atoms with Crippen LogP contribution in [0.15, 0.2) is 4.99 Å². The summed E-state index contributed by atoms with van der Waals surface area (Å²) in [4.78, 5) is 13.6. The van der Waals surface area contributed by atoms with E-state index in [4.69, 9.17) is 0 Å². The lowest BCUT2D eigenvalue weighted by Gasteiger charge is -1.80. The van der Waals surface area contributed by atoms with Gasteiger partial charge in [0.05, 0.1) is 0 Å². The molecule has 0 spiro atoms. The molecule has 0 aromatic carbocycles. The molecule has 1 aliphatic rings. The third-order valence-electron chi connectivity index (χ3n) is 0.760. The summed E-state index contributed by atoms with van der Waals surface area (Å²) in [7, 11) is 0. The van der Waals surface area contributed by atoms with Gasteiger partial charge in [-0.15, -0.1) is 0 Å². The molecule has 4 heteroatoms. The van der Waals surface area contributed by atoms with Crippen molar-refractivity contribution in [1.29, 1.82) is 0 Å². The van der Waals surface area contributed by atoms with Gasteiger partial charge in [-0.3, -0.25) is 4.99 Å². The number of nitrogens with zero attached hydrogens (tertiary/aromatic N) is 1. The molecule has 0 aromatic rings. The van der Waals surface area contributed by atoms with Gasteiger partial charge in [-0.05, 0) is 0 Å². The van der Waals surface area contributed by atoms with Gasteiger partial charge in [0.15, 0.2) is 5.04 Å². The first-order valence-electron chi connectivity index (χ1n) is 2.19. The summed E-state index contributed by atoms with van der Waals surface area (Å²) in [5.41, 5.74) is 0. The van der Waals surface area contributed by atoms with Crippen LogP contribution in [-0.4, -0.2) is 23.3 Å². The molecule has 1 heterocycles. The number of carbonyl (C=O) groups excluding carboxylic acids is 1. The molecule has 0 saturated carbocycles. The molecule has 0 aliphatic carbocycles. The lowest BCUT2D eigenvalue weighted by molar-refractivity contribution is -0.134. The quantitative estimate of drug-likeness (QED) is 0.505. The third-order valence-corrected chi connectivity index (χ3v) is 1.72. The summed E-state index contributed by atoms with van der Waals surface area (Å²) in [6.45, 7) is 0.619. The number of hydrogen-bond donors (Lipinski definition) is 0. The molecule has 43 valence electrons. The van der Waals surface area contributed by atoms with E-state index < -0.39 is 5.97 Å². The Labute approximate surface area is 50.8 Å². The van der Waals surface area contributed by atoms with Crippen LogP contribution in [0.3, 0.4) is 0 Å². The molecule has 0 amide bonds. The minimum atomic E-state index is -1.15. The van der Waals surface area contributed by atoms with Gasteiger partial charge in [0.1, 0.15) is 0 Å². The second-order valence-electron chi connectivity index (χ2n) is 1.32. The predicted molar refractivity (Wildman–Crippen MR) is 30.5 cm³/mol. The van der Waals surface area contributed by atoms with Gasteiger partial charge in [-0.1, -0.05) is 11.8 Å². The summed E-state index contributed by atoms with van der Waals surface area (Å²) in [6.07, 6.45) is 0. The van der Waals surface area contributed by atoms with Gasteiger partial charge in [0.2, 0.25) is 0 Å². The number of hydrogen-bond acceptors (Lipinski definition) is 3. The van der Waals surface area contributed by atoms with Crippen LogP contribution in [-0.2, 0) is 9.90 Å². The molecule has 1 aliphatic heterocycles. The van der Waals surface area contributed by atoms with Crippen LogP contribution in [0.4, 0.5) is 0 Å². The van der Waals surface area contributed by atoms with Gasteiger partial charge in [-0.2, -0.15) is 0 Å². The van der Waals surface area contributed by atoms with E-state index in [2.05, 4.69) is 4.99 Å². The minimum absolute atomic E-state index is 0.144. The molecule has 0 N–H and O–H groups in total. The summed E-state index contributed by atoms with van der Waals surface area (Å²) in [5, 5.41) is 10.1. The van der Waals surface area contributed by atoms with Crippen LogP contribution in [0, 0.1) is 0 Å². The average molecular weight is 130 g/mol. The minimum Gasteiger partial charge on any atom is -0.271 e. The van der Waals surface area contributed by atoms with E-state index >= 15 is 0 Å². The van der Waals surface area contributed by atoms with Crippen molar-refractivity contribution in [2.45, 2.75) is 0 Å². The molecule has 0 aromatic heterocycles. The van der Waals surface area contributed by atoms with Crippen LogP contribution in [0.1, 0.15) is 0 Å². The highest BCUT2D eigenvalue weighted by atomic mass is 32.2.